The van der Waals surface area contributed by atoms with Crippen LogP contribution in [-0.2, 0) is 4.79 Å². The van der Waals surface area contributed by atoms with Crippen LogP contribution < -0.4 is 20.3 Å². The Kier molecular flexibility index (Phi) is 6.55. The molecule has 10 heteroatoms. The number of pyridine rings is 1. The van der Waals surface area contributed by atoms with Crippen molar-refractivity contribution in [3.8, 4) is 22.1 Å². The molecule has 0 saturated carbocycles. The van der Waals surface area contributed by atoms with Crippen molar-refractivity contribution in [3.05, 3.63) is 59.1 Å². The molecule has 4 aromatic rings. The molecular weight excluding hydrogens is 444 g/mol. The number of aromatic nitrogens is 2. The van der Waals surface area contributed by atoms with Crippen LogP contribution in [0, 0.1) is 6.92 Å². The average molecular weight is 467 g/mol. The van der Waals surface area contributed by atoms with Crippen molar-refractivity contribution in [2.45, 2.75) is 26.9 Å². The first-order chi connectivity index (χ1) is 16.0. The maximum atomic E-state index is 12.9. The fourth-order valence-corrected chi connectivity index (χ4v) is 3.84. The lowest BCUT2D eigenvalue weighted by Gasteiger charge is -2.15. The molecule has 0 fully saturated rings. The number of hydrogen-bond acceptors (Lipinski definition) is 8. The lowest BCUT2D eigenvalue weighted by atomic mass is 10.1. The lowest BCUT2D eigenvalue weighted by Crippen LogP contribution is -2.47. The van der Waals surface area contributed by atoms with Crippen LogP contribution in [0.2, 0.25) is 0 Å². The first-order valence-corrected chi connectivity index (χ1v) is 11.1. The molecule has 1 aromatic carbocycles. The Morgan fingerprint density at radius 3 is 2.61 bits per heavy atom. The number of carbonyl (C=O) groups is 2. The number of nitrogens with zero attached hydrogens (tertiary/aromatic N) is 2. The first-order valence-electron chi connectivity index (χ1n) is 10.3. The topological polar surface area (TPSA) is 116 Å². The van der Waals surface area contributed by atoms with Crippen LogP contribution in [-0.4, -0.2) is 34.7 Å². The Bertz CT molecular complexity index is 1270. The number of hydrogen-bond donors (Lipinski definition) is 2. The summed E-state index contributed by atoms with van der Waals surface area (Å²) in [6.45, 7) is 5.77. The summed E-state index contributed by atoms with van der Waals surface area (Å²) < 4.78 is 16.3. The maximum Gasteiger partial charge on any atom is 0.279 e. The van der Waals surface area contributed by atoms with Gasteiger partial charge in [0, 0.05) is 0 Å². The predicted octanol–water partition coefficient (Wildman–Crippen LogP) is 3.89. The molecule has 0 unspecified atom stereocenters. The molecule has 170 valence electrons. The van der Waals surface area contributed by atoms with Crippen molar-refractivity contribution >= 4 is 34.3 Å². The van der Waals surface area contributed by atoms with Gasteiger partial charge in [0.05, 0.1) is 33.8 Å². The minimum absolute atomic E-state index is 0.252. The van der Waals surface area contributed by atoms with Crippen LogP contribution in [0.3, 0.4) is 0 Å². The highest BCUT2D eigenvalue weighted by molar-refractivity contribution is 7.13. The monoisotopic (exact) mass is 466 g/mol. The highest BCUT2D eigenvalue weighted by Gasteiger charge is 2.21. The quantitative estimate of drug-likeness (QED) is 0.397. The molecule has 2 N–H and O–H groups in total. The Balaban J connectivity index is 1.44. The van der Waals surface area contributed by atoms with E-state index in [1.54, 1.807) is 44.2 Å². The second-order valence-corrected chi connectivity index (χ2v) is 8.04. The van der Waals surface area contributed by atoms with Crippen LogP contribution in [0.4, 0.5) is 0 Å². The molecule has 3 aromatic heterocycles. The molecule has 0 bridgehead atoms. The van der Waals surface area contributed by atoms with Gasteiger partial charge in [0.25, 0.3) is 17.5 Å². The number of ether oxygens (including phenoxy) is 2. The van der Waals surface area contributed by atoms with Gasteiger partial charge in [-0.2, -0.15) is 0 Å². The van der Waals surface area contributed by atoms with E-state index >= 15 is 0 Å². The Morgan fingerprint density at radius 1 is 1.15 bits per heavy atom. The minimum Gasteiger partial charge on any atom is -0.494 e. The highest BCUT2D eigenvalue weighted by atomic mass is 32.1. The fourth-order valence-electron chi connectivity index (χ4n) is 3.15. The number of thiophene rings is 1. The minimum atomic E-state index is -0.847. The summed E-state index contributed by atoms with van der Waals surface area (Å²) in [5.74, 6) is 0.184. The summed E-state index contributed by atoms with van der Waals surface area (Å²) in [6, 6.07) is 12.4. The van der Waals surface area contributed by atoms with Gasteiger partial charge in [-0.1, -0.05) is 11.2 Å². The molecule has 0 aliphatic rings. The van der Waals surface area contributed by atoms with Crippen LogP contribution in [0.15, 0.2) is 52.4 Å². The summed E-state index contributed by atoms with van der Waals surface area (Å²) in [5.41, 5.74) is 6.50. The number of carbonyl (C=O) groups excluding carboxylic acids is 2. The van der Waals surface area contributed by atoms with Crippen molar-refractivity contribution in [1.29, 1.82) is 0 Å². The molecule has 0 spiro atoms. The SMILES string of the molecule is CCOc1ccc(O[C@H](C)C(=O)NNC(=O)c2cc(-c3cccs3)nc3onc(C)c23)cc1. The number of aryl methyl sites for hydroxylation is 1. The van der Waals surface area contributed by atoms with Gasteiger partial charge in [0.2, 0.25) is 0 Å². The zero-order chi connectivity index (χ0) is 23.4. The van der Waals surface area contributed by atoms with Crippen molar-refractivity contribution in [2.75, 3.05) is 6.61 Å². The molecule has 0 aliphatic heterocycles. The number of benzene rings is 1. The van der Waals surface area contributed by atoms with Gasteiger partial charge in [0.1, 0.15) is 11.5 Å². The Labute approximate surface area is 193 Å². The largest absolute Gasteiger partial charge is 0.494 e. The first kappa shape index (κ1) is 22.3. The van der Waals surface area contributed by atoms with Gasteiger partial charge in [-0.25, -0.2) is 4.98 Å². The zero-order valence-electron chi connectivity index (χ0n) is 18.2. The molecule has 0 aliphatic carbocycles. The Morgan fingerprint density at radius 2 is 1.91 bits per heavy atom. The van der Waals surface area contributed by atoms with E-state index in [0.29, 0.717) is 40.4 Å². The second-order valence-electron chi connectivity index (χ2n) is 7.09. The number of nitrogens with one attached hydrogen (secondary N) is 2. The standard InChI is InChI=1S/C23H22N4O5S/c1-4-30-15-7-9-16(10-8-15)31-14(3)21(28)25-26-22(29)17-12-18(19-6-5-11-33-19)24-23-20(17)13(2)27-32-23/h5-12,14H,4H2,1-3H3,(H,25,28)(H,26,29)/t14-/m1/s1. The van der Waals surface area contributed by atoms with Crippen LogP contribution in [0.25, 0.3) is 21.7 Å². The summed E-state index contributed by atoms with van der Waals surface area (Å²) in [5, 5.41) is 6.32. The Hall–Kier alpha value is -3.92. The molecule has 2 amide bonds. The van der Waals surface area contributed by atoms with Gasteiger partial charge in [-0.15, -0.1) is 11.3 Å². The number of fused-ring (bicyclic) bond motifs is 1. The average Bonchev–Trinajstić information content (AvgIpc) is 3.48. The van der Waals surface area contributed by atoms with E-state index in [9.17, 15) is 9.59 Å². The predicted molar refractivity (Wildman–Crippen MR) is 123 cm³/mol. The third kappa shape index (κ3) is 4.96. The molecule has 0 saturated heterocycles. The van der Waals surface area contributed by atoms with Crippen LogP contribution in [0.5, 0.6) is 11.5 Å². The normalized spacial score (nSPS) is 11.7. The van der Waals surface area contributed by atoms with Crippen molar-refractivity contribution in [3.63, 3.8) is 0 Å². The molecule has 9 nitrogen and oxygen atoms in total. The van der Waals surface area contributed by atoms with Crippen molar-refractivity contribution in [1.82, 2.24) is 21.0 Å². The molecule has 33 heavy (non-hydrogen) atoms. The van der Waals surface area contributed by atoms with Gasteiger partial charge in [0.15, 0.2) is 6.10 Å². The number of rotatable bonds is 7. The maximum absolute atomic E-state index is 12.9. The molecule has 0 radical (unpaired) electrons. The third-order valence-electron chi connectivity index (χ3n) is 4.75. The number of amides is 2. The fraction of sp³-hybridized carbons (Fsp3) is 0.217. The van der Waals surface area contributed by atoms with Crippen molar-refractivity contribution in [2.24, 2.45) is 0 Å². The summed E-state index contributed by atoms with van der Waals surface area (Å²) in [7, 11) is 0. The van der Waals surface area contributed by atoms with E-state index in [4.69, 9.17) is 14.0 Å². The summed E-state index contributed by atoms with van der Waals surface area (Å²) in [6.07, 6.45) is -0.847. The molecule has 4 rings (SSSR count). The van der Waals surface area contributed by atoms with E-state index < -0.39 is 17.9 Å². The van der Waals surface area contributed by atoms with Crippen LogP contribution >= 0.6 is 11.3 Å². The van der Waals surface area contributed by atoms with E-state index in [1.165, 1.54) is 11.3 Å². The van der Waals surface area contributed by atoms with E-state index in [0.717, 1.165) is 4.88 Å². The third-order valence-corrected chi connectivity index (χ3v) is 5.64. The van der Waals surface area contributed by atoms with Crippen molar-refractivity contribution < 1.29 is 23.6 Å². The number of hydrazine groups is 1. The smallest absolute Gasteiger partial charge is 0.279 e. The van der Waals surface area contributed by atoms with Crippen LogP contribution in [0.1, 0.15) is 29.9 Å². The van der Waals surface area contributed by atoms with Gasteiger partial charge < -0.3 is 14.0 Å². The van der Waals surface area contributed by atoms with Gasteiger partial charge in [-0.05, 0) is 62.5 Å². The molecule has 3 heterocycles. The second kappa shape index (κ2) is 9.70. The highest BCUT2D eigenvalue weighted by Crippen LogP contribution is 2.29. The van der Waals surface area contributed by atoms with Gasteiger partial charge in [-0.3, -0.25) is 20.4 Å². The summed E-state index contributed by atoms with van der Waals surface area (Å²) >= 11 is 1.49. The summed E-state index contributed by atoms with van der Waals surface area (Å²) in [4.78, 5) is 30.7. The van der Waals surface area contributed by atoms with E-state index in [2.05, 4.69) is 21.0 Å². The zero-order valence-corrected chi connectivity index (χ0v) is 19.1. The van der Waals surface area contributed by atoms with E-state index in [1.807, 2.05) is 24.4 Å². The lowest BCUT2D eigenvalue weighted by molar-refractivity contribution is -0.128. The molecular formula is C23H22N4O5S. The van der Waals surface area contributed by atoms with E-state index in [-0.39, 0.29) is 5.71 Å². The van der Waals surface area contributed by atoms with Gasteiger partial charge >= 0.3 is 0 Å². The molecule has 1 atom stereocenters.